The largest absolute Gasteiger partial charge is 0.496 e. The molecule has 1 amide bonds. The summed E-state index contributed by atoms with van der Waals surface area (Å²) in [6, 6.07) is 25.6. The molecule has 1 aromatic heterocycles. The lowest BCUT2D eigenvalue weighted by Crippen LogP contribution is -2.39. The van der Waals surface area contributed by atoms with E-state index in [9.17, 15) is 4.79 Å². The van der Waals surface area contributed by atoms with Crippen LogP contribution in [0.15, 0.2) is 88.9 Å². The predicted molar refractivity (Wildman–Crippen MR) is 137 cm³/mol. The van der Waals surface area contributed by atoms with Gasteiger partial charge in [-0.3, -0.25) is 4.79 Å². The number of amides is 1. The molecule has 3 aromatic carbocycles. The van der Waals surface area contributed by atoms with E-state index in [1.165, 1.54) is 16.4 Å². The Balaban J connectivity index is 1.40. The fourth-order valence-electron chi connectivity index (χ4n) is 4.00. The molecule has 9 heteroatoms. The van der Waals surface area contributed by atoms with Crippen LogP contribution >= 0.6 is 23.5 Å². The van der Waals surface area contributed by atoms with Crippen LogP contribution < -0.4 is 15.5 Å². The Bertz CT molecular complexity index is 1310. The lowest BCUT2D eigenvalue weighted by molar-refractivity contribution is -0.116. The van der Waals surface area contributed by atoms with Crippen molar-refractivity contribution in [2.75, 3.05) is 29.4 Å². The minimum atomic E-state index is -0.0471. The van der Waals surface area contributed by atoms with Gasteiger partial charge in [-0.2, -0.15) is 0 Å². The molecule has 0 saturated heterocycles. The van der Waals surface area contributed by atoms with E-state index in [1.807, 2.05) is 65.6 Å². The van der Waals surface area contributed by atoms with E-state index in [4.69, 9.17) is 10.6 Å². The fourth-order valence-corrected chi connectivity index (χ4v) is 5.89. The molecule has 5 rings (SSSR count). The number of para-hydroxylation sites is 2. The smallest absolute Gasteiger partial charge is 0.238 e. The summed E-state index contributed by atoms with van der Waals surface area (Å²) in [6.07, 6.45) is 0. The molecular formula is C25H23N5O2S2. The van der Waals surface area contributed by atoms with Gasteiger partial charge in [-0.05, 0) is 29.8 Å². The van der Waals surface area contributed by atoms with Crippen LogP contribution in [0.2, 0.25) is 0 Å². The van der Waals surface area contributed by atoms with Crippen LogP contribution in [-0.2, 0) is 4.79 Å². The summed E-state index contributed by atoms with van der Waals surface area (Å²) in [6.45, 7) is 0. The summed E-state index contributed by atoms with van der Waals surface area (Å²) < 4.78 is 6.83. The molecule has 4 aromatic rings. The molecule has 7 nitrogen and oxygen atoms in total. The Morgan fingerprint density at radius 2 is 1.79 bits per heavy atom. The Kier molecular flexibility index (Phi) is 6.46. The van der Waals surface area contributed by atoms with Crippen molar-refractivity contribution in [3.63, 3.8) is 0 Å². The fraction of sp³-hybridized carbons (Fsp3) is 0.160. The molecule has 0 bridgehead atoms. The van der Waals surface area contributed by atoms with Crippen molar-refractivity contribution in [2.45, 2.75) is 16.1 Å². The number of aromatic nitrogens is 3. The highest BCUT2D eigenvalue weighted by Gasteiger charge is 2.32. The van der Waals surface area contributed by atoms with Gasteiger partial charge in [-0.1, -0.05) is 66.4 Å². The second-order valence-electron chi connectivity index (χ2n) is 7.63. The molecule has 1 aliphatic rings. The third-order valence-electron chi connectivity index (χ3n) is 5.62. The topological polar surface area (TPSA) is 86.3 Å². The first-order chi connectivity index (χ1) is 16.7. The number of carbonyl (C=O) groups is 1. The first-order valence-corrected chi connectivity index (χ1v) is 12.7. The molecule has 172 valence electrons. The van der Waals surface area contributed by atoms with Gasteiger partial charge in [0.05, 0.1) is 30.2 Å². The van der Waals surface area contributed by atoms with Crippen molar-refractivity contribution in [2.24, 2.45) is 0 Å². The summed E-state index contributed by atoms with van der Waals surface area (Å²) in [5.41, 5.74) is 2.79. The van der Waals surface area contributed by atoms with Gasteiger partial charge in [0.2, 0.25) is 11.1 Å². The lowest BCUT2D eigenvalue weighted by Gasteiger charge is -2.37. The number of benzene rings is 3. The third-order valence-corrected chi connectivity index (χ3v) is 7.69. The van der Waals surface area contributed by atoms with Crippen LogP contribution in [0.1, 0.15) is 11.6 Å². The minimum Gasteiger partial charge on any atom is -0.496 e. The minimum absolute atomic E-state index is 0.00607. The highest BCUT2D eigenvalue weighted by molar-refractivity contribution is 8.00. The number of ether oxygens (including phenoxy) is 1. The van der Waals surface area contributed by atoms with Gasteiger partial charge in [-0.25, -0.2) is 4.68 Å². The zero-order chi connectivity index (χ0) is 23.5. The number of hydrogen-bond donors (Lipinski definition) is 1. The van der Waals surface area contributed by atoms with E-state index in [2.05, 4.69) is 28.4 Å². The highest BCUT2D eigenvalue weighted by atomic mass is 32.2. The average molecular weight is 490 g/mol. The molecule has 34 heavy (non-hydrogen) atoms. The molecule has 2 heterocycles. The third kappa shape index (κ3) is 4.24. The van der Waals surface area contributed by atoms with E-state index in [0.29, 0.717) is 16.7 Å². The summed E-state index contributed by atoms with van der Waals surface area (Å²) in [5, 5.41) is 8.93. The molecule has 0 aliphatic carbocycles. The van der Waals surface area contributed by atoms with Gasteiger partial charge in [0.25, 0.3) is 0 Å². The van der Waals surface area contributed by atoms with Crippen LogP contribution in [0.3, 0.4) is 0 Å². The Hall–Kier alpha value is -3.43. The average Bonchev–Trinajstić information content (AvgIpc) is 3.26. The highest BCUT2D eigenvalue weighted by Crippen LogP contribution is 2.43. The van der Waals surface area contributed by atoms with Gasteiger partial charge in [0.15, 0.2) is 5.82 Å². The van der Waals surface area contributed by atoms with Crippen molar-refractivity contribution in [3.05, 3.63) is 84.4 Å². The van der Waals surface area contributed by atoms with Crippen molar-refractivity contribution < 1.29 is 9.53 Å². The van der Waals surface area contributed by atoms with Gasteiger partial charge >= 0.3 is 0 Å². The maximum atomic E-state index is 13.6. The van der Waals surface area contributed by atoms with Crippen LogP contribution in [0.25, 0.3) is 11.4 Å². The first kappa shape index (κ1) is 22.4. The van der Waals surface area contributed by atoms with Crippen molar-refractivity contribution in [1.29, 1.82) is 0 Å². The number of nitrogens with two attached hydrogens (primary N) is 1. The van der Waals surface area contributed by atoms with E-state index >= 15 is 0 Å². The number of rotatable bonds is 6. The van der Waals surface area contributed by atoms with Gasteiger partial charge in [0, 0.05) is 10.6 Å². The van der Waals surface area contributed by atoms with Crippen LogP contribution in [0, 0.1) is 0 Å². The Labute approximate surface area is 206 Å². The van der Waals surface area contributed by atoms with Crippen molar-refractivity contribution in [1.82, 2.24) is 14.9 Å². The second-order valence-corrected chi connectivity index (χ2v) is 9.64. The normalized spacial score (nSPS) is 15.1. The second kappa shape index (κ2) is 9.82. The quantitative estimate of drug-likeness (QED) is 0.312. The Morgan fingerprint density at radius 1 is 1.06 bits per heavy atom. The zero-order valence-corrected chi connectivity index (χ0v) is 20.1. The van der Waals surface area contributed by atoms with Crippen LogP contribution in [0.5, 0.6) is 5.75 Å². The van der Waals surface area contributed by atoms with E-state index in [1.54, 1.807) is 18.9 Å². The van der Waals surface area contributed by atoms with Crippen LogP contribution in [-0.4, -0.2) is 39.4 Å². The summed E-state index contributed by atoms with van der Waals surface area (Å²) in [7, 11) is 1.60. The summed E-state index contributed by atoms with van der Waals surface area (Å²) >= 11 is 3.05. The number of anilines is 1. The number of fused-ring (bicyclic) bond motifs is 1. The summed E-state index contributed by atoms with van der Waals surface area (Å²) in [5.74, 6) is 8.41. The van der Waals surface area contributed by atoms with Gasteiger partial charge < -0.3 is 15.5 Å². The number of nitrogen functional groups attached to an aromatic ring is 1. The molecule has 0 fully saturated rings. The van der Waals surface area contributed by atoms with Crippen molar-refractivity contribution >= 4 is 35.1 Å². The van der Waals surface area contributed by atoms with E-state index in [0.717, 1.165) is 27.5 Å². The van der Waals surface area contributed by atoms with Gasteiger partial charge in [-0.15, -0.1) is 22.0 Å². The number of methoxy groups -OCH3 is 1. The lowest BCUT2D eigenvalue weighted by atomic mass is 10.1. The monoisotopic (exact) mass is 489 g/mol. The molecule has 1 atom stereocenters. The number of carbonyl (C=O) groups excluding carboxylic acids is 1. The molecule has 0 radical (unpaired) electrons. The number of thioether (sulfide) groups is 2. The summed E-state index contributed by atoms with van der Waals surface area (Å²) in [4.78, 5) is 16.6. The molecule has 0 saturated carbocycles. The maximum Gasteiger partial charge on any atom is 0.238 e. The molecule has 1 aliphatic heterocycles. The van der Waals surface area contributed by atoms with Crippen molar-refractivity contribution in [3.8, 4) is 17.1 Å². The zero-order valence-electron chi connectivity index (χ0n) is 18.5. The molecule has 2 N–H and O–H groups in total. The van der Waals surface area contributed by atoms with E-state index in [-0.39, 0.29) is 17.7 Å². The maximum absolute atomic E-state index is 13.6. The molecule has 0 spiro atoms. The van der Waals surface area contributed by atoms with E-state index < -0.39 is 0 Å². The molecule has 0 unspecified atom stereocenters. The standard InChI is InChI=1S/C25H23N5O2S2/c1-32-21-13-7-5-11-18(21)24-27-28-25(30(24)26)34-16-23(31)29-19-12-6-8-14-22(19)33-15-20(29)17-9-3-2-4-10-17/h2-14,20H,15-16,26H2,1H3/t20-/m0/s1. The van der Waals surface area contributed by atoms with Crippen LogP contribution in [0.4, 0.5) is 5.69 Å². The first-order valence-electron chi connectivity index (χ1n) is 10.7. The SMILES string of the molecule is COc1ccccc1-c1nnc(SCC(=O)N2c3ccccc3SC[C@H]2c2ccccc2)n1N. The number of hydrogen-bond acceptors (Lipinski definition) is 7. The van der Waals surface area contributed by atoms with Gasteiger partial charge in [0.1, 0.15) is 5.75 Å². The Morgan fingerprint density at radius 3 is 2.62 bits per heavy atom. The number of nitrogens with zero attached hydrogens (tertiary/aromatic N) is 4. The molecular weight excluding hydrogens is 466 g/mol. The predicted octanol–water partition coefficient (Wildman–Crippen LogP) is 4.64.